The van der Waals surface area contributed by atoms with Gasteiger partial charge in [0.25, 0.3) is 0 Å². The molecular weight excluding hydrogens is 265 g/mol. The summed E-state index contributed by atoms with van der Waals surface area (Å²) in [5, 5.41) is 8.82. The van der Waals surface area contributed by atoms with E-state index in [1.165, 1.54) is 31.3 Å². The van der Waals surface area contributed by atoms with Gasteiger partial charge in [0, 0.05) is 11.8 Å². The maximum atomic E-state index is 13.7. The van der Waals surface area contributed by atoms with E-state index in [1.54, 1.807) is 0 Å². The number of carbonyl (C=O) groups is 2. The molecule has 20 heavy (non-hydrogen) atoms. The van der Waals surface area contributed by atoms with Crippen molar-refractivity contribution < 1.29 is 23.8 Å². The lowest BCUT2D eigenvalue weighted by Crippen LogP contribution is -1.99. The average molecular weight is 275 g/mol. The van der Waals surface area contributed by atoms with Crippen LogP contribution in [-0.4, -0.2) is 21.8 Å². The highest BCUT2D eigenvalue weighted by Gasteiger charge is 2.10. The predicted octanol–water partition coefficient (Wildman–Crippen LogP) is 2.91. The van der Waals surface area contributed by atoms with E-state index in [-0.39, 0.29) is 28.4 Å². The summed E-state index contributed by atoms with van der Waals surface area (Å²) in [7, 11) is 0. The first-order valence-corrected chi connectivity index (χ1v) is 5.64. The van der Waals surface area contributed by atoms with E-state index >= 15 is 0 Å². The van der Waals surface area contributed by atoms with E-state index in [0.29, 0.717) is 0 Å². The molecule has 0 aliphatic heterocycles. The molecule has 0 atom stereocenters. The van der Waals surface area contributed by atoms with E-state index in [1.807, 2.05) is 0 Å². The first-order valence-electron chi connectivity index (χ1n) is 5.64. The minimum Gasteiger partial charge on any atom is -0.478 e. The summed E-state index contributed by atoms with van der Waals surface area (Å²) < 4.78 is 19.0. The second-order valence-corrected chi connectivity index (χ2v) is 4.02. The summed E-state index contributed by atoms with van der Waals surface area (Å²) in [5.74, 6) is -2.14. The highest BCUT2D eigenvalue weighted by atomic mass is 19.1. The zero-order valence-electron chi connectivity index (χ0n) is 10.5. The van der Waals surface area contributed by atoms with Crippen LogP contribution in [0.15, 0.2) is 36.7 Å². The minimum absolute atomic E-state index is 0.0664. The smallest absolute Gasteiger partial charge is 0.337 e. The molecule has 6 heteroatoms. The van der Waals surface area contributed by atoms with Crippen LogP contribution in [0, 0.1) is 5.82 Å². The molecule has 2 aromatic rings. The van der Waals surface area contributed by atoms with Crippen LogP contribution < -0.4 is 4.74 Å². The van der Waals surface area contributed by atoms with Crippen molar-refractivity contribution in [2.75, 3.05) is 0 Å². The summed E-state index contributed by atoms with van der Waals surface area (Å²) in [6, 6.07) is 5.02. The Labute approximate surface area is 113 Å². The molecule has 102 valence electrons. The zero-order valence-corrected chi connectivity index (χ0v) is 10.5. The fraction of sp³-hybridized carbons (Fsp3) is 0.0714. The van der Waals surface area contributed by atoms with Crippen molar-refractivity contribution >= 4 is 11.8 Å². The van der Waals surface area contributed by atoms with Gasteiger partial charge in [-0.15, -0.1) is 0 Å². The first-order chi connectivity index (χ1) is 9.47. The number of aromatic carboxylic acids is 1. The number of hydrogen-bond acceptors (Lipinski definition) is 4. The molecule has 0 aliphatic rings. The topological polar surface area (TPSA) is 76.5 Å². The number of carbonyl (C=O) groups excluding carboxylic acids is 1. The summed E-state index contributed by atoms with van der Waals surface area (Å²) >= 11 is 0. The Morgan fingerprint density at radius 2 is 1.95 bits per heavy atom. The number of carboxylic acids is 1. The highest BCUT2D eigenvalue weighted by molar-refractivity contribution is 5.94. The van der Waals surface area contributed by atoms with E-state index in [4.69, 9.17) is 9.84 Å². The maximum Gasteiger partial charge on any atom is 0.337 e. The van der Waals surface area contributed by atoms with Crippen LogP contribution in [0.1, 0.15) is 27.6 Å². The van der Waals surface area contributed by atoms with Crippen LogP contribution in [0.25, 0.3) is 0 Å². The molecule has 0 fully saturated rings. The van der Waals surface area contributed by atoms with Gasteiger partial charge in [-0.05, 0) is 31.2 Å². The number of ether oxygens (including phenoxy) is 1. The lowest BCUT2D eigenvalue weighted by atomic mass is 10.1. The molecule has 0 aliphatic carbocycles. The molecule has 1 N–H and O–H groups in total. The molecule has 5 nitrogen and oxygen atoms in total. The van der Waals surface area contributed by atoms with Crippen molar-refractivity contribution in [3.8, 4) is 11.5 Å². The number of benzene rings is 1. The summed E-state index contributed by atoms with van der Waals surface area (Å²) in [6.45, 7) is 1.33. The molecule has 0 unspecified atom stereocenters. The van der Waals surface area contributed by atoms with E-state index in [9.17, 15) is 14.0 Å². The number of ketones is 1. The number of pyridine rings is 1. The van der Waals surface area contributed by atoms with Crippen molar-refractivity contribution in [3.05, 3.63) is 53.6 Å². The van der Waals surface area contributed by atoms with Crippen LogP contribution in [-0.2, 0) is 0 Å². The van der Waals surface area contributed by atoms with Gasteiger partial charge >= 0.3 is 5.97 Å². The molecule has 0 radical (unpaired) electrons. The highest BCUT2D eigenvalue weighted by Crippen LogP contribution is 2.25. The van der Waals surface area contributed by atoms with Gasteiger partial charge in [0.05, 0.1) is 11.8 Å². The van der Waals surface area contributed by atoms with Crippen molar-refractivity contribution in [2.24, 2.45) is 0 Å². The molecule has 0 spiro atoms. The third-order valence-electron chi connectivity index (χ3n) is 2.53. The van der Waals surface area contributed by atoms with Gasteiger partial charge in [-0.1, -0.05) is 0 Å². The quantitative estimate of drug-likeness (QED) is 0.868. The molecule has 0 saturated carbocycles. The standard InChI is InChI=1S/C14H10FNO4/c1-8(17)9-2-3-13(12(15)5-9)20-11-4-10(14(18)19)6-16-7-11/h2-7H,1H3,(H,18,19). The number of aromatic nitrogens is 1. The molecule has 2 rings (SSSR count). The number of rotatable bonds is 4. The van der Waals surface area contributed by atoms with E-state index in [0.717, 1.165) is 12.3 Å². The number of Topliss-reactive ketones (excluding diaryl/α,β-unsaturated/α-hetero) is 1. The number of carboxylic acid groups (broad SMARTS) is 1. The normalized spacial score (nSPS) is 10.1. The van der Waals surface area contributed by atoms with Gasteiger partial charge < -0.3 is 9.84 Å². The van der Waals surface area contributed by atoms with Gasteiger partial charge in [0.15, 0.2) is 17.3 Å². The maximum absolute atomic E-state index is 13.7. The Hall–Kier alpha value is -2.76. The third-order valence-corrected chi connectivity index (χ3v) is 2.53. The number of hydrogen-bond donors (Lipinski definition) is 1. The Balaban J connectivity index is 2.28. The van der Waals surface area contributed by atoms with Crippen LogP contribution >= 0.6 is 0 Å². The van der Waals surface area contributed by atoms with Crippen molar-refractivity contribution in [1.82, 2.24) is 4.98 Å². The molecule has 1 aromatic heterocycles. The van der Waals surface area contributed by atoms with Crippen LogP contribution in [0.5, 0.6) is 11.5 Å². The van der Waals surface area contributed by atoms with E-state index < -0.39 is 11.8 Å². The molecular formula is C14H10FNO4. The SMILES string of the molecule is CC(=O)c1ccc(Oc2cncc(C(=O)O)c2)c(F)c1. The lowest BCUT2D eigenvalue weighted by Gasteiger charge is -2.07. The van der Waals surface area contributed by atoms with Crippen molar-refractivity contribution in [3.63, 3.8) is 0 Å². The Bertz CT molecular complexity index is 685. The van der Waals surface area contributed by atoms with Crippen LogP contribution in [0.2, 0.25) is 0 Å². The Kier molecular flexibility index (Phi) is 3.74. The van der Waals surface area contributed by atoms with Gasteiger partial charge in [0.1, 0.15) is 5.75 Å². The van der Waals surface area contributed by atoms with Crippen LogP contribution in [0.3, 0.4) is 0 Å². The van der Waals surface area contributed by atoms with Gasteiger partial charge in [-0.3, -0.25) is 9.78 Å². The predicted molar refractivity (Wildman–Crippen MR) is 67.7 cm³/mol. The summed E-state index contributed by atoms with van der Waals surface area (Å²) in [6.07, 6.45) is 2.43. The second-order valence-electron chi connectivity index (χ2n) is 4.02. The monoisotopic (exact) mass is 275 g/mol. The molecule has 0 saturated heterocycles. The van der Waals surface area contributed by atoms with Crippen molar-refractivity contribution in [2.45, 2.75) is 6.92 Å². The third kappa shape index (κ3) is 2.97. The lowest BCUT2D eigenvalue weighted by molar-refractivity contribution is 0.0695. The molecule has 1 aromatic carbocycles. The summed E-state index contributed by atoms with van der Waals surface area (Å²) in [5.41, 5.74) is 0.163. The van der Waals surface area contributed by atoms with Gasteiger partial charge in [0.2, 0.25) is 0 Å². The Morgan fingerprint density at radius 3 is 2.55 bits per heavy atom. The molecule has 1 heterocycles. The molecule has 0 bridgehead atoms. The number of nitrogens with zero attached hydrogens (tertiary/aromatic N) is 1. The summed E-state index contributed by atoms with van der Waals surface area (Å²) in [4.78, 5) is 25.6. The van der Waals surface area contributed by atoms with Gasteiger partial charge in [-0.25, -0.2) is 9.18 Å². The number of halogens is 1. The average Bonchev–Trinajstić information content (AvgIpc) is 2.41. The van der Waals surface area contributed by atoms with Crippen LogP contribution in [0.4, 0.5) is 4.39 Å². The fourth-order valence-electron chi connectivity index (χ4n) is 1.52. The largest absolute Gasteiger partial charge is 0.478 e. The minimum atomic E-state index is -1.16. The Morgan fingerprint density at radius 1 is 1.20 bits per heavy atom. The molecule has 0 amide bonds. The first kappa shape index (κ1) is 13.7. The second kappa shape index (κ2) is 5.48. The van der Waals surface area contributed by atoms with Gasteiger partial charge in [-0.2, -0.15) is 0 Å². The zero-order chi connectivity index (χ0) is 14.7. The van der Waals surface area contributed by atoms with Crippen molar-refractivity contribution in [1.29, 1.82) is 0 Å². The fourth-order valence-corrected chi connectivity index (χ4v) is 1.52. The van der Waals surface area contributed by atoms with E-state index in [2.05, 4.69) is 4.98 Å².